The largest absolute Gasteiger partial charge is 0.481 e. The number of halogens is 2. The van der Waals surface area contributed by atoms with Gasteiger partial charge in [0.1, 0.15) is 0 Å². The summed E-state index contributed by atoms with van der Waals surface area (Å²) in [6.45, 7) is 0. The lowest BCUT2D eigenvalue weighted by atomic mass is 10.1. The third-order valence-corrected chi connectivity index (χ3v) is 4.26. The number of hydrogen-bond donors (Lipinski definition) is 3. The zero-order valence-corrected chi connectivity index (χ0v) is 13.7. The molecule has 1 fully saturated rings. The molecule has 0 heterocycles. The molecule has 5 nitrogen and oxygen atoms in total. The highest BCUT2D eigenvalue weighted by Gasteiger charge is 2.33. The Morgan fingerprint density at radius 2 is 2.05 bits per heavy atom. The van der Waals surface area contributed by atoms with Gasteiger partial charge in [0, 0.05) is 15.0 Å². The molecule has 1 atom stereocenters. The summed E-state index contributed by atoms with van der Waals surface area (Å²) < 4.78 is 1.61. The molecule has 7 heteroatoms. The van der Waals surface area contributed by atoms with Gasteiger partial charge in [-0.05, 0) is 52.9 Å². The number of carbonyl (C=O) groups excluding carboxylic acids is 1. The van der Waals surface area contributed by atoms with Crippen molar-refractivity contribution in [1.82, 2.24) is 5.32 Å². The molecule has 0 spiro atoms. The molecule has 0 aliphatic heterocycles. The Morgan fingerprint density at radius 3 is 2.65 bits per heavy atom. The third kappa shape index (κ3) is 4.49. The molecule has 1 aliphatic rings. The van der Waals surface area contributed by atoms with Crippen LogP contribution in [0.3, 0.4) is 0 Å². The van der Waals surface area contributed by atoms with Crippen LogP contribution in [0.15, 0.2) is 27.1 Å². The minimum absolute atomic E-state index is 0.0439. The normalized spacial score (nSPS) is 15.5. The van der Waals surface area contributed by atoms with Crippen molar-refractivity contribution in [3.8, 4) is 0 Å². The summed E-state index contributed by atoms with van der Waals surface area (Å²) in [4.78, 5) is 22.7. The average Bonchev–Trinajstić information content (AvgIpc) is 3.16. The standard InChI is InChI=1S/C13H14Br2N2O3/c14-8-3-4-9(15)11(5-8)17-13(20)16-10(6-12(18)19)7-1-2-7/h3-5,7,10H,1-2,6H2,(H,18,19)(H2,16,17,20). The number of anilines is 1. The van der Waals surface area contributed by atoms with Gasteiger partial charge in [-0.1, -0.05) is 15.9 Å². The van der Waals surface area contributed by atoms with Crippen molar-refractivity contribution in [2.24, 2.45) is 5.92 Å². The molecule has 0 radical (unpaired) electrons. The van der Waals surface area contributed by atoms with Crippen LogP contribution in [0.1, 0.15) is 19.3 Å². The molecule has 0 aromatic heterocycles. The monoisotopic (exact) mass is 404 g/mol. The molecule has 1 unspecified atom stereocenters. The van der Waals surface area contributed by atoms with Crippen molar-refractivity contribution < 1.29 is 14.7 Å². The van der Waals surface area contributed by atoms with E-state index in [4.69, 9.17) is 5.11 Å². The Kier molecular flexibility index (Phi) is 5.04. The van der Waals surface area contributed by atoms with Crippen LogP contribution >= 0.6 is 31.9 Å². The molecule has 1 saturated carbocycles. The molecule has 3 N–H and O–H groups in total. The Bertz CT molecular complexity index is 532. The number of benzene rings is 1. The molecular weight excluding hydrogens is 392 g/mol. The second kappa shape index (κ2) is 6.58. The second-order valence-electron chi connectivity index (χ2n) is 4.76. The van der Waals surface area contributed by atoms with Gasteiger partial charge in [0.2, 0.25) is 0 Å². The van der Waals surface area contributed by atoms with Gasteiger partial charge in [-0.15, -0.1) is 0 Å². The fraction of sp³-hybridized carbons (Fsp3) is 0.385. The summed E-state index contributed by atoms with van der Waals surface area (Å²) in [5.41, 5.74) is 0.627. The van der Waals surface area contributed by atoms with Crippen molar-refractivity contribution in [3.63, 3.8) is 0 Å². The molecule has 2 amide bonds. The lowest BCUT2D eigenvalue weighted by Gasteiger charge is -2.17. The van der Waals surface area contributed by atoms with Crippen molar-refractivity contribution in [2.45, 2.75) is 25.3 Å². The van der Waals surface area contributed by atoms with Crippen LogP contribution in [0.4, 0.5) is 10.5 Å². The topological polar surface area (TPSA) is 78.4 Å². The Hall–Kier alpha value is -1.08. The van der Waals surface area contributed by atoms with Crippen molar-refractivity contribution in [3.05, 3.63) is 27.1 Å². The zero-order valence-electron chi connectivity index (χ0n) is 10.5. The predicted octanol–water partition coefficient (Wildman–Crippen LogP) is 3.59. The lowest BCUT2D eigenvalue weighted by Crippen LogP contribution is -2.40. The highest BCUT2D eigenvalue weighted by Crippen LogP contribution is 2.34. The number of amides is 2. The quantitative estimate of drug-likeness (QED) is 0.700. The minimum atomic E-state index is -0.897. The minimum Gasteiger partial charge on any atom is -0.481 e. The van der Waals surface area contributed by atoms with Crippen LogP contribution in [0.25, 0.3) is 0 Å². The van der Waals surface area contributed by atoms with E-state index in [1.165, 1.54) is 0 Å². The fourth-order valence-corrected chi connectivity index (χ4v) is 2.65. The van der Waals surface area contributed by atoms with Crippen LogP contribution < -0.4 is 10.6 Å². The molecule has 1 aromatic rings. The smallest absolute Gasteiger partial charge is 0.319 e. The molecule has 1 aliphatic carbocycles. The first-order valence-corrected chi connectivity index (χ1v) is 7.78. The van der Waals surface area contributed by atoms with E-state index in [0.29, 0.717) is 5.69 Å². The van der Waals surface area contributed by atoms with Gasteiger partial charge in [0.05, 0.1) is 12.1 Å². The SMILES string of the molecule is O=C(O)CC(NC(=O)Nc1cc(Br)ccc1Br)C1CC1. The van der Waals surface area contributed by atoms with E-state index in [1.807, 2.05) is 12.1 Å². The summed E-state index contributed by atoms with van der Waals surface area (Å²) in [7, 11) is 0. The maximum absolute atomic E-state index is 11.9. The second-order valence-corrected chi connectivity index (χ2v) is 6.53. The van der Waals surface area contributed by atoms with E-state index in [1.54, 1.807) is 6.07 Å². The summed E-state index contributed by atoms with van der Waals surface area (Å²) in [5.74, 6) is -0.617. The molecular formula is C13H14Br2N2O3. The molecule has 0 bridgehead atoms. The summed E-state index contributed by atoms with van der Waals surface area (Å²) >= 11 is 6.68. The van der Waals surface area contributed by atoms with Crippen LogP contribution in [0.2, 0.25) is 0 Å². The first-order valence-electron chi connectivity index (χ1n) is 6.20. The maximum Gasteiger partial charge on any atom is 0.319 e. The van der Waals surface area contributed by atoms with E-state index in [9.17, 15) is 9.59 Å². The Morgan fingerprint density at radius 1 is 1.35 bits per heavy atom. The molecule has 2 rings (SSSR count). The number of rotatable bonds is 5. The fourth-order valence-electron chi connectivity index (χ4n) is 1.94. The van der Waals surface area contributed by atoms with E-state index in [2.05, 4.69) is 42.5 Å². The average molecular weight is 406 g/mol. The van der Waals surface area contributed by atoms with Gasteiger partial charge in [-0.2, -0.15) is 0 Å². The number of nitrogens with one attached hydrogen (secondary N) is 2. The number of hydrogen-bond acceptors (Lipinski definition) is 2. The first kappa shape index (κ1) is 15.3. The Labute approximate surface area is 133 Å². The highest BCUT2D eigenvalue weighted by atomic mass is 79.9. The predicted molar refractivity (Wildman–Crippen MR) is 82.8 cm³/mol. The molecule has 20 heavy (non-hydrogen) atoms. The Balaban J connectivity index is 1.96. The third-order valence-electron chi connectivity index (χ3n) is 3.08. The van der Waals surface area contributed by atoms with Crippen molar-refractivity contribution in [2.75, 3.05) is 5.32 Å². The number of carbonyl (C=O) groups is 2. The molecule has 1 aromatic carbocycles. The van der Waals surface area contributed by atoms with Gasteiger partial charge in [-0.25, -0.2) is 4.79 Å². The first-order chi connectivity index (χ1) is 9.45. The number of carboxylic acids is 1. The summed E-state index contributed by atoms with van der Waals surface area (Å²) in [5, 5.41) is 14.3. The van der Waals surface area contributed by atoms with Gasteiger partial charge in [-0.3, -0.25) is 4.79 Å². The van der Waals surface area contributed by atoms with Crippen molar-refractivity contribution in [1.29, 1.82) is 0 Å². The lowest BCUT2D eigenvalue weighted by molar-refractivity contribution is -0.137. The van der Waals surface area contributed by atoms with Gasteiger partial charge in [0.25, 0.3) is 0 Å². The van der Waals surface area contributed by atoms with Crippen LogP contribution in [0.5, 0.6) is 0 Å². The van der Waals surface area contributed by atoms with E-state index >= 15 is 0 Å². The van der Waals surface area contributed by atoms with Gasteiger partial charge >= 0.3 is 12.0 Å². The van der Waals surface area contributed by atoms with Crippen molar-refractivity contribution >= 4 is 49.5 Å². The van der Waals surface area contributed by atoms with Crippen LogP contribution in [-0.4, -0.2) is 23.1 Å². The molecule has 108 valence electrons. The van der Waals surface area contributed by atoms with E-state index in [0.717, 1.165) is 21.8 Å². The van der Waals surface area contributed by atoms with E-state index < -0.39 is 5.97 Å². The number of urea groups is 1. The zero-order chi connectivity index (χ0) is 14.7. The van der Waals surface area contributed by atoms with Gasteiger partial charge in [0.15, 0.2) is 0 Å². The van der Waals surface area contributed by atoms with Crippen LogP contribution in [0, 0.1) is 5.92 Å². The summed E-state index contributed by atoms with van der Waals surface area (Å²) in [6, 6.07) is 4.74. The number of aliphatic carboxylic acids is 1. The highest BCUT2D eigenvalue weighted by molar-refractivity contribution is 9.11. The summed E-state index contributed by atoms with van der Waals surface area (Å²) in [6.07, 6.45) is 1.90. The number of carboxylic acid groups (broad SMARTS) is 1. The molecule has 0 saturated heterocycles. The van der Waals surface area contributed by atoms with Gasteiger partial charge < -0.3 is 15.7 Å². The maximum atomic E-state index is 11.9. The van der Waals surface area contributed by atoms with E-state index in [-0.39, 0.29) is 24.4 Å². The van der Waals surface area contributed by atoms with Crippen LogP contribution in [-0.2, 0) is 4.79 Å².